The maximum absolute atomic E-state index is 5.26. The molecule has 9 nitrogen and oxygen atoms in total. The minimum Gasteiger partial charge on any atom is -0.383 e. The largest absolute Gasteiger partial charge is 0.383 e. The lowest BCUT2D eigenvalue weighted by molar-refractivity contribution is 0.187. The van der Waals surface area contributed by atoms with Gasteiger partial charge in [0.1, 0.15) is 11.3 Å². The summed E-state index contributed by atoms with van der Waals surface area (Å²) in [7, 11) is 6.04. The molecule has 174 valence electrons. The van der Waals surface area contributed by atoms with Crippen LogP contribution in [0.4, 0.5) is 5.95 Å². The van der Waals surface area contributed by atoms with Crippen LogP contribution in [0.15, 0.2) is 30.6 Å². The Morgan fingerprint density at radius 1 is 1.12 bits per heavy atom. The number of hydrogen-bond donors (Lipinski definition) is 1. The molecule has 4 aromatic heterocycles. The van der Waals surface area contributed by atoms with Gasteiger partial charge in [-0.1, -0.05) is 0 Å². The minimum absolute atomic E-state index is 0.424. The first kappa shape index (κ1) is 21.8. The van der Waals surface area contributed by atoms with Gasteiger partial charge in [0.05, 0.1) is 24.0 Å². The standard InChI is InChI=1S/C24H32N8O/c1-16-26-21-10-9-20(28-23(21)31(16)13-14-33-4)19-11-12-32-22(19)15-25-24(29-32)27-17-5-7-18(8-6-17)30(2)3/h9-12,15,17-18H,5-8,13-14H2,1-4H3,(H,27,29)/t17-,18-. The fourth-order valence-electron chi connectivity index (χ4n) is 4.82. The van der Waals surface area contributed by atoms with Gasteiger partial charge in [-0.15, -0.1) is 5.10 Å². The van der Waals surface area contributed by atoms with Crippen molar-refractivity contribution in [3.8, 4) is 11.3 Å². The molecule has 0 unspecified atom stereocenters. The van der Waals surface area contributed by atoms with Crippen LogP contribution in [0.5, 0.6) is 0 Å². The summed E-state index contributed by atoms with van der Waals surface area (Å²) in [4.78, 5) is 16.5. The zero-order valence-corrected chi connectivity index (χ0v) is 19.8. The van der Waals surface area contributed by atoms with Gasteiger partial charge in [0.2, 0.25) is 5.95 Å². The predicted molar refractivity (Wildman–Crippen MR) is 129 cm³/mol. The average Bonchev–Trinajstić information content (AvgIpc) is 3.37. The monoisotopic (exact) mass is 448 g/mol. The van der Waals surface area contributed by atoms with Gasteiger partial charge in [0.15, 0.2) is 5.65 Å². The lowest BCUT2D eigenvalue weighted by Gasteiger charge is -2.32. The number of fused-ring (bicyclic) bond motifs is 2. The van der Waals surface area contributed by atoms with Crippen molar-refractivity contribution < 1.29 is 4.74 Å². The Bertz CT molecular complexity index is 1250. The lowest BCUT2D eigenvalue weighted by atomic mass is 9.91. The molecule has 5 rings (SSSR count). The van der Waals surface area contributed by atoms with Crippen LogP contribution in [0.25, 0.3) is 27.9 Å². The van der Waals surface area contributed by atoms with Crippen molar-refractivity contribution in [1.82, 2.24) is 34.0 Å². The molecule has 4 heterocycles. The molecule has 9 heteroatoms. The topological polar surface area (TPSA) is 85.4 Å². The third-order valence-corrected chi connectivity index (χ3v) is 6.76. The maximum Gasteiger partial charge on any atom is 0.241 e. The van der Waals surface area contributed by atoms with Crippen LogP contribution in [-0.4, -0.2) is 73.9 Å². The molecule has 0 bridgehead atoms. The minimum atomic E-state index is 0.424. The second-order valence-electron chi connectivity index (χ2n) is 9.10. The summed E-state index contributed by atoms with van der Waals surface area (Å²) in [6.07, 6.45) is 8.54. The fourth-order valence-corrected chi connectivity index (χ4v) is 4.82. The van der Waals surface area contributed by atoms with Crippen LogP contribution in [0, 0.1) is 6.92 Å². The van der Waals surface area contributed by atoms with Crippen LogP contribution in [0.3, 0.4) is 0 Å². The van der Waals surface area contributed by atoms with Crippen molar-refractivity contribution in [2.24, 2.45) is 0 Å². The molecule has 0 aliphatic heterocycles. The molecule has 0 aromatic carbocycles. The van der Waals surface area contributed by atoms with Crippen molar-refractivity contribution in [2.45, 2.75) is 51.2 Å². The number of aromatic nitrogens is 6. The molecule has 0 amide bonds. The highest BCUT2D eigenvalue weighted by Crippen LogP contribution is 2.27. The highest BCUT2D eigenvalue weighted by Gasteiger charge is 2.23. The molecule has 0 atom stereocenters. The van der Waals surface area contributed by atoms with Gasteiger partial charge in [-0.3, -0.25) is 0 Å². The SMILES string of the molecule is COCCn1c(C)nc2ccc(-c3ccn4nc(N[C@H]5CC[C@H](N(C)C)CC5)ncc34)nc21. The van der Waals surface area contributed by atoms with E-state index >= 15 is 0 Å². The van der Waals surface area contributed by atoms with E-state index in [2.05, 4.69) is 38.8 Å². The summed E-state index contributed by atoms with van der Waals surface area (Å²) in [6.45, 7) is 3.34. The van der Waals surface area contributed by atoms with Gasteiger partial charge in [-0.05, 0) is 64.9 Å². The van der Waals surface area contributed by atoms with Crippen LogP contribution in [0.1, 0.15) is 31.5 Å². The number of methoxy groups -OCH3 is 1. The van der Waals surface area contributed by atoms with Gasteiger partial charge in [-0.25, -0.2) is 19.5 Å². The lowest BCUT2D eigenvalue weighted by Crippen LogP contribution is -2.36. The zero-order chi connectivity index (χ0) is 22.9. The number of rotatable bonds is 7. The molecule has 1 fully saturated rings. The first-order chi connectivity index (χ1) is 16.0. The van der Waals surface area contributed by atoms with Crippen molar-refractivity contribution in [2.75, 3.05) is 33.1 Å². The summed E-state index contributed by atoms with van der Waals surface area (Å²) in [5, 5.41) is 8.25. The highest BCUT2D eigenvalue weighted by molar-refractivity contribution is 5.82. The van der Waals surface area contributed by atoms with E-state index in [1.54, 1.807) is 7.11 Å². The number of pyridine rings is 1. The van der Waals surface area contributed by atoms with Gasteiger partial charge in [-0.2, -0.15) is 0 Å². The normalized spacial score (nSPS) is 19.1. The van der Waals surface area contributed by atoms with Gasteiger partial charge < -0.3 is 19.5 Å². The van der Waals surface area contributed by atoms with Gasteiger partial charge >= 0.3 is 0 Å². The van der Waals surface area contributed by atoms with E-state index in [1.807, 2.05) is 42.0 Å². The third kappa shape index (κ3) is 4.30. The molecule has 4 aromatic rings. The molecule has 0 saturated heterocycles. The van der Waals surface area contributed by atoms with E-state index in [9.17, 15) is 0 Å². The molecular weight excluding hydrogens is 416 g/mol. The number of aryl methyl sites for hydroxylation is 1. The number of hydrogen-bond acceptors (Lipinski definition) is 7. The van der Waals surface area contributed by atoms with E-state index < -0.39 is 0 Å². The molecule has 1 saturated carbocycles. The van der Waals surface area contributed by atoms with E-state index in [-0.39, 0.29) is 0 Å². The molecular formula is C24H32N8O. The number of nitrogens with one attached hydrogen (secondary N) is 1. The number of anilines is 1. The zero-order valence-electron chi connectivity index (χ0n) is 19.8. The Morgan fingerprint density at radius 2 is 1.94 bits per heavy atom. The second kappa shape index (κ2) is 9.07. The Labute approximate surface area is 193 Å². The van der Waals surface area contributed by atoms with E-state index in [0.29, 0.717) is 24.6 Å². The van der Waals surface area contributed by atoms with Gasteiger partial charge in [0, 0.05) is 37.5 Å². The Kier molecular flexibility index (Phi) is 5.99. The summed E-state index contributed by atoms with van der Waals surface area (Å²) in [6, 6.07) is 7.19. The van der Waals surface area contributed by atoms with E-state index in [4.69, 9.17) is 14.8 Å². The maximum atomic E-state index is 5.26. The number of ether oxygens (including phenoxy) is 1. The van der Waals surface area contributed by atoms with Crippen LogP contribution < -0.4 is 5.32 Å². The molecule has 0 spiro atoms. The fraction of sp³-hybridized carbons (Fsp3) is 0.500. The highest BCUT2D eigenvalue weighted by atomic mass is 16.5. The average molecular weight is 449 g/mol. The summed E-state index contributed by atoms with van der Waals surface area (Å²) in [5.41, 5.74) is 4.59. The quantitative estimate of drug-likeness (QED) is 0.464. The number of imidazole rings is 1. The van der Waals surface area contributed by atoms with Crippen LogP contribution >= 0.6 is 0 Å². The molecule has 33 heavy (non-hydrogen) atoms. The summed E-state index contributed by atoms with van der Waals surface area (Å²) >= 11 is 0. The smallest absolute Gasteiger partial charge is 0.241 e. The molecule has 1 N–H and O–H groups in total. The first-order valence-electron chi connectivity index (χ1n) is 11.6. The van der Waals surface area contributed by atoms with Gasteiger partial charge in [0.25, 0.3) is 0 Å². The van der Waals surface area contributed by atoms with Crippen molar-refractivity contribution in [3.63, 3.8) is 0 Å². The Hall–Kier alpha value is -3.04. The van der Waals surface area contributed by atoms with Crippen molar-refractivity contribution in [1.29, 1.82) is 0 Å². The molecule has 1 aliphatic rings. The van der Waals surface area contributed by atoms with E-state index in [0.717, 1.165) is 53.1 Å². The number of nitrogens with zero attached hydrogens (tertiary/aromatic N) is 7. The Morgan fingerprint density at radius 3 is 2.70 bits per heavy atom. The Balaban J connectivity index is 1.38. The van der Waals surface area contributed by atoms with Crippen molar-refractivity contribution >= 4 is 22.6 Å². The first-order valence-corrected chi connectivity index (χ1v) is 11.6. The van der Waals surface area contributed by atoms with Crippen molar-refractivity contribution in [3.05, 3.63) is 36.4 Å². The third-order valence-electron chi connectivity index (χ3n) is 6.76. The van der Waals surface area contributed by atoms with Crippen LogP contribution in [0.2, 0.25) is 0 Å². The second-order valence-corrected chi connectivity index (χ2v) is 9.10. The molecule has 0 radical (unpaired) electrons. The van der Waals surface area contributed by atoms with Crippen LogP contribution in [-0.2, 0) is 11.3 Å². The predicted octanol–water partition coefficient (Wildman–Crippen LogP) is 3.38. The molecule has 1 aliphatic carbocycles. The summed E-state index contributed by atoms with van der Waals surface area (Å²) in [5.74, 6) is 1.61. The van der Waals surface area contributed by atoms with E-state index in [1.165, 1.54) is 12.8 Å². The summed E-state index contributed by atoms with van der Waals surface area (Å²) < 4.78 is 9.24.